The first-order chi connectivity index (χ1) is 14.7. The number of benzene rings is 1. The molecule has 4 rings (SSSR count). The maximum atomic E-state index is 14.1. The number of aromatic amines is 1. The van der Waals surface area contributed by atoms with E-state index in [-0.39, 0.29) is 23.8 Å². The van der Waals surface area contributed by atoms with Gasteiger partial charge >= 0.3 is 6.18 Å². The van der Waals surface area contributed by atoms with Gasteiger partial charge in [-0.05, 0) is 50.3 Å². The largest absolute Gasteiger partial charge is 0.401 e. The Hall–Kier alpha value is -2.13. The summed E-state index contributed by atoms with van der Waals surface area (Å²) in [5, 5.41) is 3.47. The Labute approximate surface area is 178 Å². The second-order valence-electron chi connectivity index (χ2n) is 8.75. The van der Waals surface area contributed by atoms with Crippen molar-refractivity contribution in [3.8, 4) is 0 Å². The minimum Gasteiger partial charge on any atom is -0.350 e. The highest BCUT2D eigenvalue weighted by Crippen LogP contribution is 2.26. The van der Waals surface area contributed by atoms with Crippen molar-refractivity contribution in [2.75, 3.05) is 32.7 Å². The van der Waals surface area contributed by atoms with Crippen LogP contribution in [0.4, 0.5) is 17.6 Å². The highest BCUT2D eigenvalue weighted by Gasteiger charge is 2.34. The highest BCUT2D eigenvalue weighted by molar-refractivity contribution is 5.99. The molecule has 0 bridgehead atoms. The number of alkyl halides is 3. The van der Waals surface area contributed by atoms with E-state index in [0.29, 0.717) is 42.8 Å². The summed E-state index contributed by atoms with van der Waals surface area (Å²) in [6.45, 7) is 3.05. The number of piperazine rings is 1. The number of hydrogen-bond donors (Lipinski definition) is 2. The lowest BCUT2D eigenvalue weighted by molar-refractivity contribution is -0.150. The second-order valence-corrected chi connectivity index (χ2v) is 8.75. The standard InChI is InChI=1S/C22H28F4N4O/c1-14-5-6-18(23)17-12-19(28-20(14)17)21(31)27-15-3-2-4-16(11-15)30-9-7-29(8-10-30)13-22(24,25)26/h5-6,12,15-16,28H,2-4,7-11,13H2,1H3,(H,27,31)/t15-,16+/m1/s1. The van der Waals surface area contributed by atoms with Gasteiger partial charge in [0.1, 0.15) is 11.5 Å². The molecule has 0 spiro atoms. The van der Waals surface area contributed by atoms with Gasteiger partial charge in [-0.2, -0.15) is 13.2 Å². The molecule has 1 aliphatic carbocycles. The molecule has 1 saturated carbocycles. The molecule has 1 aromatic heterocycles. The molecule has 1 aromatic carbocycles. The fourth-order valence-corrected chi connectivity index (χ4v) is 4.88. The van der Waals surface area contributed by atoms with Crippen molar-refractivity contribution in [3.63, 3.8) is 0 Å². The van der Waals surface area contributed by atoms with Gasteiger partial charge in [0, 0.05) is 43.6 Å². The Bertz CT molecular complexity index is 894. The number of nitrogens with zero attached hydrogens (tertiary/aromatic N) is 2. The third-order valence-electron chi connectivity index (χ3n) is 6.50. The van der Waals surface area contributed by atoms with Gasteiger partial charge < -0.3 is 10.3 Å². The van der Waals surface area contributed by atoms with Crippen LogP contribution in [0.15, 0.2) is 18.2 Å². The number of carbonyl (C=O) groups excluding carboxylic acids is 1. The van der Waals surface area contributed by atoms with Crippen molar-refractivity contribution in [1.82, 2.24) is 20.1 Å². The molecule has 9 heteroatoms. The number of fused-ring (bicyclic) bond motifs is 1. The number of aryl methyl sites for hydroxylation is 1. The third kappa shape index (κ3) is 5.20. The molecule has 2 aliphatic rings. The van der Waals surface area contributed by atoms with Crippen LogP contribution in [0.3, 0.4) is 0 Å². The van der Waals surface area contributed by atoms with Crippen LogP contribution in [-0.4, -0.2) is 71.7 Å². The monoisotopic (exact) mass is 440 g/mol. The predicted molar refractivity (Wildman–Crippen MR) is 111 cm³/mol. The number of hydrogen-bond acceptors (Lipinski definition) is 3. The molecule has 2 N–H and O–H groups in total. The Balaban J connectivity index is 1.34. The molecular formula is C22H28F4N4O. The molecule has 1 amide bonds. The van der Waals surface area contributed by atoms with Crippen molar-refractivity contribution in [2.45, 2.75) is 50.9 Å². The summed E-state index contributed by atoms with van der Waals surface area (Å²) >= 11 is 0. The topological polar surface area (TPSA) is 51.4 Å². The summed E-state index contributed by atoms with van der Waals surface area (Å²) < 4.78 is 51.8. The van der Waals surface area contributed by atoms with E-state index in [9.17, 15) is 22.4 Å². The van der Waals surface area contributed by atoms with Gasteiger partial charge in [0.05, 0.1) is 12.1 Å². The molecule has 1 saturated heterocycles. The summed E-state index contributed by atoms with van der Waals surface area (Å²) in [5.74, 6) is -0.617. The average molecular weight is 440 g/mol. The molecule has 1 aliphatic heterocycles. The first kappa shape index (κ1) is 22.1. The Kier molecular flexibility index (Phi) is 6.25. The number of amides is 1. The highest BCUT2D eigenvalue weighted by atomic mass is 19.4. The Morgan fingerprint density at radius 3 is 2.61 bits per heavy atom. The van der Waals surface area contributed by atoms with Crippen LogP contribution < -0.4 is 5.32 Å². The summed E-state index contributed by atoms with van der Waals surface area (Å²) in [4.78, 5) is 19.5. The number of aromatic nitrogens is 1. The van der Waals surface area contributed by atoms with Crippen LogP contribution in [-0.2, 0) is 0 Å². The lowest BCUT2D eigenvalue weighted by Crippen LogP contribution is -2.54. The van der Waals surface area contributed by atoms with Gasteiger partial charge in [0.25, 0.3) is 5.91 Å². The van der Waals surface area contributed by atoms with Crippen molar-refractivity contribution in [1.29, 1.82) is 0 Å². The molecule has 31 heavy (non-hydrogen) atoms. The van der Waals surface area contributed by atoms with E-state index in [4.69, 9.17) is 0 Å². The predicted octanol–water partition coefficient (Wildman–Crippen LogP) is 3.84. The van der Waals surface area contributed by atoms with Crippen LogP contribution in [0.2, 0.25) is 0 Å². The summed E-state index contributed by atoms with van der Waals surface area (Å²) in [6.07, 6.45) is -0.573. The lowest BCUT2D eigenvalue weighted by Gasteiger charge is -2.42. The van der Waals surface area contributed by atoms with Crippen LogP contribution in [0.25, 0.3) is 10.9 Å². The zero-order valence-electron chi connectivity index (χ0n) is 17.6. The van der Waals surface area contributed by atoms with E-state index in [1.54, 1.807) is 12.1 Å². The smallest absolute Gasteiger partial charge is 0.350 e. The second kappa shape index (κ2) is 8.78. The van der Waals surface area contributed by atoms with Crippen molar-refractivity contribution in [3.05, 3.63) is 35.3 Å². The van der Waals surface area contributed by atoms with Gasteiger partial charge in [-0.3, -0.25) is 14.6 Å². The normalized spacial score (nSPS) is 23.9. The molecular weight excluding hydrogens is 412 g/mol. The molecule has 170 valence electrons. The average Bonchev–Trinajstić information content (AvgIpc) is 3.18. The summed E-state index contributed by atoms with van der Waals surface area (Å²) in [6, 6.07) is 4.88. The van der Waals surface area contributed by atoms with Crippen molar-refractivity contribution < 1.29 is 22.4 Å². The Morgan fingerprint density at radius 1 is 1.19 bits per heavy atom. The molecule has 2 fully saturated rings. The van der Waals surface area contributed by atoms with Crippen LogP contribution in [0.5, 0.6) is 0 Å². The van der Waals surface area contributed by atoms with Crippen LogP contribution >= 0.6 is 0 Å². The molecule has 5 nitrogen and oxygen atoms in total. The molecule has 2 atom stereocenters. The third-order valence-corrected chi connectivity index (χ3v) is 6.50. The number of rotatable bonds is 4. The SMILES string of the molecule is Cc1ccc(F)c2cc(C(=O)N[C@@H]3CCC[C@H](N4CCN(CC(F)(F)F)CC4)C3)[nH]c12. The quantitative estimate of drug-likeness (QED) is 0.711. The zero-order chi connectivity index (χ0) is 22.2. The maximum Gasteiger partial charge on any atom is 0.401 e. The fourth-order valence-electron chi connectivity index (χ4n) is 4.88. The molecule has 2 heterocycles. The number of nitrogens with one attached hydrogen (secondary N) is 2. The minimum absolute atomic E-state index is 0.00295. The summed E-state index contributed by atoms with van der Waals surface area (Å²) in [7, 11) is 0. The maximum absolute atomic E-state index is 14.1. The molecule has 2 aromatic rings. The van der Waals surface area contributed by atoms with Gasteiger partial charge in [-0.25, -0.2) is 4.39 Å². The van der Waals surface area contributed by atoms with Crippen molar-refractivity contribution >= 4 is 16.8 Å². The van der Waals surface area contributed by atoms with Crippen LogP contribution in [0, 0.1) is 12.7 Å². The van der Waals surface area contributed by atoms with E-state index in [1.165, 1.54) is 11.0 Å². The van der Waals surface area contributed by atoms with Crippen molar-refractivity contribution in [2.24, 2.45) is 0 Å². The lowest BCUT2D eigenvalue weighted by atomic mass is 9.89. The zero-order valence-corrected chi connectivity index (χ0v) is 17.6. The van der Waals surface area contributed by atoms with Gasteiger partial charge in [-0.15, -0.1) is 0 Å². The van der Waals surface area contributed by atoms with Gasteiger partial charge in [-0.1, -0.05) is 6.07 Å². The van der Waals surface area contributed by atoms with Crippen LogP contribution in [0.1, 0.15) is 41.7 Å². The van der Waals surface area contributed by atoms with E-state index >= 15 is 0 Å². The first-order valence-corrected chi connectivity index (χ1v) is 10.8. The minimum atomic E-state index is -4.16. The fraction of sp³-hybridized carbons (Fsp3) is 0.591. The first-order valence-electron chi connectivity index (χ1n) is 10.8. The molecule has 0 unspecified atom stereocenters. The number of H-pyrrole nitrogens is 1. The van der Waals surface area contributed by atoms with E-state index in [1.807, 2.05) is 6.92 Å². The number of halogens is 4. The van der Waals surface area contributed by atoms with E-state index in [0.717, 1.165) is 31.2 Å². The van der Waals surface area contributed by atoms with Gasteiger partial charge in [0.15, 0.2) is 0 Å². The number of carbonyl (C=O) groups is 1. The summed E-state index contributed by atoms with van der Waals surface area (Å²) in [5.41, 5.74) is 1.84. The van der Waals surface area contributed by atoms with Gasteiger partial charge in [0.2, 0.25) is 0 Å². The van der Waals surface area contributed by atoms with E-state index in [2.05, 4.69) is 15.2 Å². The Morgan fingerprint density at radius 2 is 1.94 bits per heavy atom. The van der Waals surface area contributed by atoms with E-state index < -0.39 is 12.7 Å². The molecule has 0 radical (unpaired) electrons.